The fraction of sp³-hybridized carbons (Fsp3) is 0.579. The molecule has 1 atom stereocenters. The van der Waals surface area contributed by atoms with Gasteiger partial charge in [0.1, 0.15) is 11.8 Å². The van der Waals surface area contributed by atoms with E-state index in [1.165, 1.54) is 6.92 Å². The maximum atomic E-state index is 12.3. The zero-order valence-corrected chi connectivity index (χ0v) is 15.9. The van der Waals surface area contributed by atoms with E-state index in [-0.39, 0.29) is 17.9 Å². The van der Waals surface area contributed by atoms with Crippen molar-refractivity contribution in [1.82, 2.24) is 10.2 Å². The number of nitrogens with zero attached hydrogens (tertiary/aromatic N) is 1. The predicted octanol–water partition coefficient (Wildman–Crippen LogP) is 2.36. The van der Waals surface area contributed by atoms with Crippen molar-refractivity contribution in [2.45, 2.75) is 52.8 Å². The Bertz CT molecular complexity index is 543. The second-order valence-corrected chi connectivity index (χ2v) is 6.24. The number of hydrogen-bond acceptors (Lipinski definition) is 4. The molecule has 0 aromatic heterocycles. The third-order valence-electron chi connectivity index (χ3n) is 3.83. The maximum Gasteiger partial charge on any atom is 0.242 e. The number of carbonyl (C=O) groups is 2. The lowest BCUT2D eigenvalue weighted by Crippen LogP contribution is -2.47. The summed E-state index contributed by atoms with van der Waals surface area (Å²) in [4.78, 5) is 25.8. The Balaban J connectivity index is 2.55. The Morgan fingerprint density at radius 3 is 2.32 bits per heavy atom. The van der Waals surface area contributed by atoms with E-state index >= 15 is 0 Å². The van der Waals surface area contributed by atoms with Crippen LogP contribution in [0.15, 0.2) is 24.3 Å². The molecule has 0 saturated carbocycles. The van der Waals surface area contributed by atoms with Gasteiger partial charge in [0.05, 0.1) is 13.2 Å². The lowest BCUT2D eigenvalue weighted by molar-refractivity contribution is -0.139. The van der Waals surface area contributed by atoms with Gasteiger partial charge in [-0.15, -0.1) is 0 Å². The van der Waals surface area contributed by atoms with Gasteiger partial charge in [-0.2, -0.15) is 0 Å². The molecule has 140 valence electrons. The minimum Gasteiger partial charge on any atom is -0.497 e. The lowest BCUT2D eigenvalue weighted by atomic mass is 10.1. The number of ether oxygens (including phenoxy) is 2. The topological polar surface area (TPSA) is 67.9 Å². The molecule has 1 rings (SSSR count). The molecule has 1 unspecified atom stereocenters. The number of amides is 2. The zero-order valence-electron chi connectivity index (χ0n) is 15.9. The van der Waals surface area contributed by atoms with Crippen molar-refractivity contribution < 1.29 is 19.1 Å². The van der Waals surface area contributed by atoms with E-state index in [2.05, 4.69) is 5.32 Å². The van der Waals surface area contributed by atoms with Crippen LogP contribution >= 0.6 is 0 Å². The molecule has 0 spiro atoms. The molecule has 0 fully saturated rings. The summed E-state index contributed by atoms with van der Waals surface area (Å²) in [6.07, 6.45) is 0.933. The van der Waals surface area contributed by atoms with Crippen LogP contribution in [-0.4, -0.2) is 49.1 Å². The van der Waals surface area contributed by atoms with Gasteiger partial charge in [0.25, 0.3) is 0 Å². The molecule has 0 aliphatic carbocycles. The van der Waals surface area contributed by atoms with Gasteiger partial charge in [-0.05, 0) is 44.9 Å². The fourth-order valence-electron chi connectivity index (χ4n) is 2.34. The first-order chi connectivity index (χ1) is 11.8. The minimum atomic E-state index is -0.536. The highest BCUT2D eigenvalue weighted by Crippen LogP contribution is 2.14. The SMILES string of the molecule is COc1ccc(CN(C(C)=O)C(C)C(=O)NCCCOC(C)C)cc1. The number of benzene rings is 1. The molecule has 0 saturated heterocycles. The van der Waals surface area contributed by atoms with Gasteiger partial charge in [-0.25, -0.2) is 0 Å². The Kier molecular flexibility index (Phi) is 8.99. The maximum absolute atomic E-state index is 12.3. The van der Waals surface area contributed by atoms with E-state index < -0.39 is 6.04 Å². The molecule has 0 radical (unpaired) electrons. The molecule has 0 aliphatic heterocycles. The van der Waals surface area contributed by atoms with Crippen LogP contribution in [0.1, 0.15) is 39.7 Å². The highest BCUT2D eigenvalue weighted by molar-refractivity contribution is 5.86. The summed E-state index contributed by atoms with van der Waals surface area (Å²) >= 11 is 0. The number of hydrogen-bond donors (Lipinski definition) is 1. The molecular formula is C19H30N2O4. The van der Waals surface area contributed by atoms with Crippen molar-refractivity contribution in [3.63, 3.8) is 0 Å². The van der Waals surface area contributed by atoms with Crippen LogP contribution in [0.5, 0.6) is 5.75 Å². The van der Waals surface area contributed by atoms with Crippen LogP contribution in [0.4, 0.5) is 0 Å². The van der Waals surface area contributed by atoms with Crippen LogP contribution < -0.4 is 10.1 Å². The fourth-order valence-corrected chi connectivity index (χ4v) is 2.34. The van der Waals surface area contributed by atoms with Crippen molar-refractivity contribution in [1.29, 1.82) is 0 Å². The zero-order chi connectivity index (χ0) is 18.8. The Morgan fingerprint density at radius 2 is 1.80 bits per heavy atom. The molecular weight excluding hydrogens is 320 g/mol. The first-order valence-corrected chi connectivity index (χ1v) is 8.64. The van der Waals surface area contributed by atoms with Crippen molar-refractivity contribution in [3.05, 3.63) is 29.8 Å². The lowest BCUT2D eigenvalue weighted by Gasteiger charge is -2.27. The first kappa shape index (κ1) is 21.0. The molecule has 0 bridgehead atoms. The molecule has 1 aromatic rings. The monoisotopic (exact) mass is 350 g/mol. The third kappa shape index (κ3) is 7.56. The number of rotatable bonds is 10. The largest absolute Gasteiger partial charge is 0.497 e. The normalized spacial score (nSPS) is 11.9. The van der Waals surface area contributed by atoms with Crippen LogP contribution in [0, 0.1) is 0 Å². The molecule has 0 heterocycles. The highest BCUT2D eigenvalue weighted by Gasteiger charge is 2.23. The van der Waals surface area contributed by atoms with Crippen molar-refractivity contribution >= 4 is 11.8 Å². The molecule has 2 amide bonds. The average Bonchev–Trinajstić information content (AvgIpc) is 2.58. The molecule has 0 aliphatic rings. The van der Waals surface area contributed by atoms with Gasteiger partial charge in [-0.1, -0.05) is 12.1 Å². The van der Waals surface area contributed by atoms with Gasteiger partial charge in [0.2, 0.25) is 11.8 Å². The summed E-state index contributed by atoms with van der Waals surface area (Å²) in [5.41, 5.74) is 0.945. The van der Waals surface area contributed by atoms with Crippen LogP contribution in [0.3, 0.4) is 0 Å². The Hall–Kier alpha value is -2.08. The van der Waals surface area contributed by atoms with Gasteiger partial charge in [0.15, 0.2) is 0 Å². The van der Waals surface area contributed by atoms with E-state index in [4.69, 9.17) is 9.47 Å². The predicted molar refractivity (Wildman–Crippen MR) is 97.4 cm³/mol. The van der Waals surface area contributed by atoms with E-state index in [9.17, 15) is 9.59 Å². The van der Waals surface area contributed by atoms with Crippen LogP contribution in [0.25, 0.3) is 0 Å². The van der Waals surface area contributed by atoms with Crippen molar-refractivity contribution in [3.8, 4) is 5.75 Å². The summed E-state index contributed by atoms with van der Waals surface area (Å²) in [5.74, 6) is 0.461. The van der Waals surface area contributed by atoms with Crippen LogP contribution in [-0.2, 0) is 20.9 Å². The van der Waals surface area contributed by atoms with Gasteiger partial charge in [-0.3, -0.25) is 9.59 Å². The van der Waals surface area contributed by atoms with E-state index in [1.807, 2.05) is 38.1 Å². The summed E-state index contributed by atoms with van der Waals surface area (Å²) in [7, 11) is 1.61. The van der Waals surface area contributed by atoms with Gasteiger partial charge >= 0.3 is 0 Å². The van der Waals surface area contributed by atoms with Gasteiger partial charge in [0, 0.05) is 26.6 Å². The highest BCUT2D eigenvalue weighted by atomic mass is 16.5. The Labute approximate surface area is 150 Å². The standard InChI is InChI=1S/C19H30N2O4/c1-14(2)25-12-6-11-20-19(23)15(3)21(16(4)22)13-17-7-9-18(24-5)10-8-17/h7-10,14-15H,6,11-13H2,1-5H3,(H,20,23). The molecule has 1 aromatic carbocycles. The third-order valence-corrected chi connectivity index (χ3v) is 3.83. The van der Waals surface area contributed by atoms with Crippen molar-refractivity contribution in [2.75, 3.05) is 20.3 Å². The van der Waals surface area contributed by atoms with E-state index in [0.29, 0.717) is 19.7 Å². The average molecular weight is 350 g/mol. The second kappa shape index (κ2) is 10.7. The first-order valence-electron chi connectivity index (χ1n) is 8.64. The molecule has 6 nitrogen and oxygen atoms in total. The van der Waals surface area contributed by atoms with E-state index in [0.717, 1.165) is 17.7 Å². The summed E-state index contributed by atoms with van der Waals surface area (Å²) < 4.78 is 10.6. The number of carbonyl (C=O) groups excluding carboxylic acids is 2. The van der Waals surface area contributed by atoms with E-state index in [1.54, 1.807) is 18.9 Å². The van der Waals surface area contributed by atoms with Crippen LogP contribution in [0.2, 0.25) is 0 Å². The smallest absolute Gasteiger partial charge is 0.242 e. The molecule has 1 N–H and O–H groups in total. The summed E-state index contributed by atoms with van der Waals surface area (Å²) in [6.45, 7) is 8.69. The summed E-state index contributed by atoms with van der Waals surface area (Å²) in [5, 5.41) is 2.86. The minimum absolute atomic E-state index is 0.137. The summed E-state index contributed by atoms with van der Waals surface area (Å²) in [6, 6.07) is 6.93. The molecule has 25 heavy (non-hydrogen) atoms. The second-order valence-electron chi connectivity index (χ2n) is 6.24. The number of nitrogens with one attached hydrogen (secondary N) is 1. The molecule has 6 heteroatoms. The quantitative estimate of drug-likeness (QED) is 0.658. The Morgan fingerprint density at radius 1 is 1.16 bits per heavy atom. The number of methoxy groups -OCH3 is 1. The van der Waals surface area contributed by atoms with Gasteiger partial charge < -0.3 is 19.7 Å². The van der Waals surface area contributed by atoms with Crippen molar-refractivity contribution in [2.24, 2.45) is 0 Å².